The topological polar surface area (TPSA) is 92.4 Å². The molecule has 0 fully saturated rings. The minimum atomic E-state index is -1.25. The number of carboxylic acid groups (broad SMARTS) is 1. The number of hydrogen-bond donors (Lipinski definition) is 3. The quantitative estimate of drug-likeness (QED) is 0.693. The maximum atomic E-state index is 12.0. The van der Waals surface area contributed by atoms with Crippen LogP contribution in [0.25, 0.3) is 0 Å². The third-order valence-electron chi connectivity index (χ3n) is 2.76. The van der Waals surface area contributed by atoms with Crippen LogP contribution in [0.5, 0.6) is 0 Å². The highest BCUT2D eigenvalue weighted by atomic mass is 16.4. The maximum Gasteiger partial charge on any atom is 0.329 e. The summed E-state index contributed by atoms with van der Waals surface area (Å²) in [4.78, 5) is 23.2. The maximum absolute atomic E-state index is 12.0. The Bertz CT molecular complexity index is 459. The molecule has 0 saturated carbocycles. The van der Waals surface area contributed by atoms with Gasteiger partial charge in [-0.05, 0) is 31.5 Å². The first-order valence-corrected chi connectivity index (χ1v) is 5.80. The molecular formula is C13H18N2O3. The molecule has 1 rings (SSSR count). The molecule has 0 saturated heterocycles. The molecule has 0 radical (unpaired) electrons. The number of carbonyl (C=O) groups is 2. The van der Waals surface area contributed by atoms with Crippen molar-refractivity contribution < 1.29 is 14.7 Å². The van der Waals surface area contributed by atoms with Crippen molar-refractivity contribution >= 4 is 17.6 Å². The summed E-state index contributed by atoms with van der Waals surface area (Å²) in [5.41, 5.74) is 5.16. The van der Waals surface area contributed by atoms with Crippen molar-refractivity contribution in [1.29, 1.82) is 0 Å². The molecule has 1 aromatic rings. The zero-order chi connectivity index (χ0) is 13.8. The van der Waals surface area contributed by atoms with Crippen molar-refractivity contribution in [2.75, 3.05) is 5.73 Å². The van der Waals surface area contributed by atoms with Gasteiger partial charge in [-0.2, -0.15) is 0 Å². The van der Waals surface area contributed by atoms with E-state index in [1.165, 1.54) is 13.0 Å². The van der Waals surface area contributed by atoms with Crippen LogP contribution in [0.2, 0.25) is 0 Å². The Morgan fingerprint density at radius 2 is 2.11 bits per heavy atom. The SMILES string of the molecule is CCCC(C)(NC(=O)c1cccc(N)c1)C(=O)O. The molecule has 0 aliphatic heterocycles. The van der Waals surface area contributed by atoms with Crippen LogP contribution in [0.4, 0.5) is 5.69 Å². The molecule has 0 spiro atoms. The Morgan fingerprint density at radius 3 is 2.61 bits per heavy atom. The van der Waals surface area contributed by atoms with Crippen molar-refractivity contribution in [3.05, 3.63) is 29.8 Å². The molecule has 5 nitrogen and oxygen atoms in total. The third-order valence-corrected chi connectivity index (χ3v) is 2.76. The van der Waals surface area contributed by atoms with Gasteiger partial charge in [0.15, 0.2) is 0 Å². The molecular weight excluding hydrogens is 232 g/mol. The zero-order valence-corrected chi connectivity index (χ0v) is 10.6. The highest BCUT2D eigenvalue weighted by molar-refractivity contribution is 5.98. The van der Waals surface area contributed by atoms with E-state index in [4.69, 9.17) is 5.73 Å². The Morgan fingerprint density at radius 1 is 1.44 bits per heavy atom. The van der Waals surface area contributed by atoms with E-state index in [1.807, 2.05) is 6.92 Å². The second-order valence-electron chi connectivity index (χ2n) is 4.47. The fourth-order valence-electron chi connectivity index (χ4n) is 1.73. The average molecular weight is 250 g/mol. The summed E-state index contributed by atoms with van der Waals surface area (Å²) in [6.07, 6.45) is 1.04. The summed E-state index contributed by atoms with van der Waals surface area (Å²) in [7, 11) is 0. The lowest BCUT2D eigenvalue weighted by Crippen LogP contribution is -2.52. The van der Waals surface area contributed by atoms with Crippen LogP contribution < -0.4 is 11.1 Å². The minimum Gasteiger partial charge on any atom is -0.480 e. The third kappa shape index (κ3) is 3.23. The normalized spacial score (nSPS) is 13.7. The van der Waals surface area contributed by atoms with E-state index in [-0.39, 0.29) is 0 Å². The van der Waals surface area contributed by atoms with E-state index < -0.39 is 17.4 Å². The van der Waals surface area contributed by atoms with Gasteiger partial charge in [-0.15, -0.1) is 0 Å². The van der Waals surface area contributed by atoms with E-state index in [2.05, 4.69) is 5.32 Å². The number of benzene rings is 1. The number of nitrogen functional groups attached to an aromatic ring is 1. The molecule has 0 aliphatic carbocycles. The highest BCUT2D eigenvalue weighted by Gasteiger charge is 2.33. The van der Waals surface area contributed by atoms with E-state index >= 15 is 0 Å². The van der Waals surface area contributed by atoms with Crippen LogP contribution in [0, 0.1) is 0 Å². The van der Waals surface area contributed by atoms with Crippen molar-refractivity contribution in [3.8, 4) is 0 Å². The first-order chi connectivity index (χ1) is 8.39. The lowest BCUT2D eigenvalue weighted by molar-refractivity contribution is -0.144. The zero-order valence-electron chi connectivity index (χ0n) is 10.6. The van der Waals surface area contributed by atoms with Crippen LogP contribution in [0.3, 0.4) is 0 Å². The molecule has 1 amide bonds. The molecule has 1 unspecified atom stereocenters. The van der Waals surface area contributed by atoms with Gasteiger partial charge in [-0.25, -0.2) is 4.79 Å². The van der Waals surface area contributed by atoms with Gasteiger partial charge in [0.25, 0.3) is 5.91 Å². The van der Waals surface area contributed by atoms with Crippen molar-refractivity contribution in [2.24, 2.45) is 0 Å². The van der Waals surface area contributed by atoms with Gasteiger partial charge in [0, 0.05) is 11.3 Å². The van der Waals surface area contributed by atoms with Gasteiger partial charge >= 0.3 is 5.97 Å². The Kier molecular flexibility index (Phi) is 4.31. The molecule has 4 N–H and O–H groups in total. The highest BCUT2D eigenvalue weighted by Crippen LogP contribution is 2.15. The van der Waals surface area contributed by atoms with Crippen molar-refractivity contribution in [2.45, 2.75) is 32.2 Å². The number of amides is 1. The summed E-state index contributed by atoms with van der Waals surface area (Å²) in [6.45, 7) is 3.37. The lowest BCUT2D eigenvalue weighted by atomic mass is 9.95. The summed E-state index contributed by atoms with van der Waals surface area (Å²) in [5.74, 6) is -1.47. The van der Waals surface area contributed by atoms with E-state index in [0.29, 0.717) is 24.1 Å². The smallest absolute Gasteiger partial charge is 0.329 e. The summed E-state index contributed by atoms with van der Waals surface area (Å²) < 4.78 is 0. The molecule has 1 aromatic carbocycles. The number of hydrogen-bond acceptors (Lipinski definition) is 3. The van der Waals surface area contributed by atoms with Gasteiger partial charge in [0.1, 0.15) is 5.54 Å². The van der Waals surface area contributed by atoms with E-state index in [0.717, 1.165) is 0 Å². The van der Waals surface area contributed by atoms with Crippen molar-refractivity contribution in [1.82, 2.24) is 5.32 Å². The molecule has 0 aliphatic rings. The number of anilines is 1. The molecule has 18 heavy (non-hydrogen) atoms. The van der Waals surface area contributed by atoms with Gasteiger partial charge in [0.05, 0.1) is 0 Å². The van der Waals surface area contributed by atoms with Gasteiger partial charge < -0.3 is 16.2 Å². The van der Waals surface area contributed by atoms with Gasteiger partial charge in [-0.1, -0.05) is 19.4 Å². The molecule has 0 heterocycles. The van der Waals surface area contributed by atoms with Crippen LogP contribution in [-0.4, -0.2) is 22.5 Å². The summed E-state index contributed by atoms with van der Waals surface area (Å²) in [6, 6.07) is 6.44. The average Bonchev–Trinajstić information content (AvgIpc) is 2.29. The standard InChI is InChI=1S/C13H18N2O3/c1-3-7-13(2,12(17)18)15-11(16)9-5-4-6-10(14)8-9/h4-6,8H,3,7,14H2,1-2H3,(H,15,16)(H,17,18). The minimum absolute atomic E-state index is 0.360. The van der Waals surface area contributed by atoms with E-state index in [9.17, 15) is 14.7 Å². The van der Waals surface area contributed by atoms with E-state index in [1.54, 1.807) is 18.2 Å². The molecule has 98 valence electrons. The Labute approximate surface area is 106 Å². The number of carbonyl (C=O) groups excluding carboxylic acids is 1. The number of nitrogens with one attached hydrogen (secondary N) is 1. The second-order valence-corrected chi connectivity index (χ2v) is 4.47. The van der Waals surface area contributed by atoms with Gasteiger partial charge in [0.2, 0.25) is 0 Å². The predicted octanol–water partition coefficient (Wildman–Crippen LogP) is 1.64. The Hall–Kier alpha value is -2.04. The first kappa shape index (κ1) is 14.0. The number of nitrogens with two attached hydrogens (primary N) is 1. The number of aliphatic carboxylic acids is 1. The van der Waals surface area contributed by atoms with Gasteiger partial charge in [-0.3, -0.25) is 4.79 Å². The monoisotopic (exact) mass is 250 g/mol. The molecule has 1 atom stereocenters. The van der Waals surface area contributed by atoms with Crippen molar-refractivity contribution in [3.63, 3.8) is 0 Å². The molecule has 0 bridgehead atoms. The largest absolute Gasteiger partial charge is 0.480 e. The second kappa shape index (κ2) is 5.53. The number of rotatable bonds is 5. The van der Waals surface area contributed by atoms with Crippen LogP contribution >= 0.6 is 0 Å². The summed E-state index contributed by atoms with van der Waals surface area (Å²) >= 11 is 0. The van der Waals surface area contributed by atoms with Crippen LogP contribution in [-0.2, 0) is 4.79 Å². The molecule has 5 heteroatoms. The molecule has 0 aromatic heterocycles. The summed E-state index contributed by atoms with van der Waals surface area (Å²) in [5, 5.41) is 11.7. The fraction of sp³-hybridized carbons (Fsp3) is 0.385. The first-order valence-electron chi connectivity index (χ1n) is 5.80. The number of carboxylic acids is 1. The Balaban J connectivity index is 2.88. The van der Waals surface area contributed by atoms with Crippen LogP contribution in [0.1, 0.15) is 37.0 Å². The fourth-order valence-corrected chi connectivity index (χ4v) is 1.73. The predicted molar refractivity (Wildman–Crippen MR) is 69.3 cm³/mol. The lowest BCUT2D eigenvalue weighted by Gasteiger charge is -2.25. The van der Waals surface area contributed by atoms with Crippen LogP contribution in [0.15, 0.2) is 24.3 Å².